The molecule has 1 heterocycles. The van der Waals surface area contributed by atoms with Crippen LogP contribution in [0.5, 0.6) is 0 Å². The van der Waals surface area contributed by atoms with Gasteiger partial charge in [-0.05, 0) is 24.5 Å². The molecule has 1 saturated heterocycles. The van der Waals surface area contributed by atoms with Crippen LogP contribution in [0.1, 0.15) is 24.0 Å². The molecule has 0 radical (unpaired) electrons. The zero-order valence-corrected chi connectivity index (χ0v) is 11.1. The fourth-order valence-corrected chi connectivity index (χ4v) is 3.11. The lowest BCUT2D eigenvalue weighted by Crippen LogP contribution is -2.26. The van der Waals surface area contributed by atoms with Gasteiger partial charge in [0, 0.05) is 31.0 Å². The number of carbonyl (C=O) groups is 1. The van der Waals surface area contributed by atoms with E-state index in [2.05, 4.69) is 31.2 Å². The molecule has 0 aromatic heterocycles. The summed E-state index contributed by atoms with van der Waals surface area (Å²) in [7, 11) is 0. The lowest BCUT2D eigenvalue weighted by molar-refractivity contribution is -0.127. The normalized spacial score (nSPS) is 15.6. The van der Waals surface area contributed by atoms with E-state index >= 15 is 0 Å². The van der Waals surface area contributed by atoms with Crippen molar-refractivity contribution in [3.8, 4) is 0 Å². The zero-order valence-electron chi connectivity index (χ0n) is 10.3. The number of rotatable bonds is 5. The van der Waals surface area contributed by atoms with Crippen LogP contribution >= 0.6 is 11.8 Å². The third-order valence-electron chi connectivity index (χ3n) is 3.20. The highest BCUT2D eigenvalue weighted by Gasteiger charge is 2.18. The van der Waals surface area contributed by atoms with Gasteiger partial charge in [0.1, 0.15) is 0 Å². The van der Waals surface area contributed by atoms with E-state index in [0.717, 1.165) is 37.4 Å². The van der Waals surface area contributed by atoms with E-state index in [1.165, 1.54) is 11.1 Å². The van der Waals surface area contributed by atoms with E-state index in [9.17, 15) is 4.79 Å². The molecule has 0 aliphatic carbocycles. The van der Waals surface area contributed by atoms with Crippen LogP contribution in [0.4, 0.5) is 0 Å². The lowest BCUT2D eigenvalue weighted by Gasteiger charge is -2.14. The topological polar surface area (TPSA) is 20.3 Å². The van der Waals surface area contributed by atoms with Gasteiger partial charge in [0.15, 0.2) is 0 Å². The van der Waals surface area contributed by atoms with Gasteiger partial charge in [0.25, 0.3) is 0 Å². The first-order valence-electron chi connectivity index (χ1n) is 6.17. The van der Waals surface area contributed by atoms with Crippen LogP contribution in [-0.2, 0) is 10.5 Å². The van der Waals surface area contributed by atoms with E-state index in [-0.39, 0.29) is 0 Å². The average molecular weight is 249 g/mol. The van der Waals surface area contributed by atoms with E-state index < -0.39 is 0 Å². The molecule has 0 N–H and O–H groups in total. The Morgan fingerprint density at radius 2 is 2.18 bits per heavy atom. The molecule has 0 unspecified atom stereocenters. The van der Waals surface area contributed by atoms with Crippen molar-refractivity contribution in [2.24, 2.45) is 0 Å². The minimum absolute atomic E-state index is 0.335. The minimum atomic E-state index is 0.335. The molecule has 3 heteroatoms. The molecule has 1 aromatic carbocycles. The van der Waals surface area contributed by atoms with Gasteiger partial charge < -0.3 is 4.90 Å². The maximum absolute atomic E-state index is 11.4. The molecule has 92 valence electrons. The summed E-state index contributed by atoms with van der Waals surface area (Å²) in [6, 6.07) is 8.50. The van der Waals surface area contributed by atoms with Gasteiger partial charge in [-0.3, -0.25) is 4.79 Å². The van der Waals surface area contributed by atoms with Gasteiger partial charge in [-0.1, -0.05) is 24.3 Å². The van der Waals surface area contributed by atoms with Gasteiger partial charge in [-0.15, -0.1) is 0 Å². The van der Waals surface area contributed by atoms with Crippen molar-refractivity contribution < 1.29 is 4.79 Å². The highest BCUT2D eigenvalue weighted by atomic mass is 32.2. The van der Waals surface area contributed by atoms with Crippen LogP contribution in [-0.4, -0.2) is 29.6 Å². The molecule has 2 nitrogen and oxygen atoms in total. The first-order chi connectivity index (χ1) is 8.27. The molecule has 17 heavy (non-hydrogen) atoms. The molecule has 1 aromatic rings. The summed E-state index contributed by atoms with van der Waals surface area (Å²) in [4.78, 5) is 13.4. The lowest BCUT2D eigenvalue weighted by atomic mass is 10.1. The predicted octanol–water partition coefficient (Wildman–Crippen LogP) is 2.85. The van der Waals surface area contributed by atoms with Crippen LogP contribution in [0.3, 0.4) is 0 Å². The Kier molecular flexibility index (Phi) is 4.49. The first-order valence-corrected chi connectivity index (χ1v) is 7.33. The fourth-order valence-electron chi connectivity index (χ4n) is 2.07. The Hall–Kier alpha value is -0.960. The molecule has 0 spiro atoms. The maximum atomic E-state index is 11.4. The Balaban J connectivity index is 1.70. The Labute approximate surface area is 107 Å². The molecule has 1 amide bonds. The van der Waals surface area contributed by atoms with Crippen molar-refractivity contribution in [3.63, 3.8) is 0 Å². The Morgan fingerprint density at radius 3 is 2.88 bits per heavy atom. The van der Waals surface area contributed by atoms with Crippen molar-refractivity contribution in [3.05, 3.63) is 35.4 Å². The third-order valence-corrected chi connectivity index (χ3v) is 4.18. The molecule has 0 atom stereocenters. The quantitative estimate of drug-likeness (QED) is 0.748. The van der Waals surface area contributed by atoms with Gasteiger partial charge in [0.2, 0.25) is 5.91 Å². The highest BCUT2D eigenvalue weighted by molar-refractivity contribution is 7.98. The van der Waals surface area contributed by atoms with Crippen molar-refractivity contribution in [1.29, 1.82) is 0 Å². The maximum Gasteiger partial charge on any atom is 0.222 e. The average Bonchev–Trinajstić information content (AvgIpc) is 2.73. The summed E-state index contributed by atoms with van der Waals surface area (Å²) >= 11 is 1.92. The summed E-state index contributed by atoms with van der Waals surface area (Å²) in [5.74, 6) is 2.43. The molecule has 1 aliphatic rings. The summed E-state index contributed by atoms with van der Waals surface area (Å²) in [6.07, 6.45) is 1.80. The summed E-state index contributed by atoms with van der Waals surface area (Å²) in [6.45, 7) is 4.03. The van der Waals surface area contributed by atoms with Crippen LogP contribution in [0.25, 0.3) is 0 Å². The second-order valence-corrected chi connectivity index (χ2v) is 5.57. The van der Waals surface area contributed by atoms with Gasteiger partial charge in [-0.2, -0.15) is 11.8 Å². The largest absolute Gasteiger partial charge is 0.342 e. The minimum Gasteiger partial charge on any atom is -0.342 e. The molecule has 1 fully saturated rings. The van der Waals surface area contributed by atoms with Crippen molar-refractivity contribution in [1.82, 2.24) is 4.90 Å². The van der Waals surface area contributed by atoms with Crippen LogP contribution in [0.15, 0.2) is 24.3 Å². The van der Waals surface area contributed by atoms with E-state index in [1.807, 2.05) is 16.7 Å². The number of carbonyl (C=O) groups excluding carboxylic acids is 1. The fraction of sp³-hybridized carbons (Fsp3) is 0.500. The Morgan fingerprint density at radius 1 is 1.35 bits per heavy atom. The molecular formula is C14H19NOS. The number of hydrogen-bond acceptors (Lipinski definition) is 2. The number of thioether (sulfide) groups is 1. The number of likely N-dealkylation sites (tertiary alicyclic amines) is 1. The van der Waals surface area contributed by atoms with Crippen molar-refractivity contribution in [2.45, 2.75) is 25.5 Å². The number of nitrogens with zero attached hydrogens (tertiary/aromatic N) is 1. The standard InChI is InChI=1S/C14H19NOS/c1-12-5-2-3-6-13(12)11-17-10-9-15-8-4-7-14(15)16/h2-3,5-6H,4,7-11H2,1H3. The van der Waals surface area contributed by atoms with E-state index in [4.69, 9.17) is 0 Å². The Bertz CT molecular complexity index is 392. The third kappa shape index (κ3) is 3.50. The monoisotopic (exact) mass is 249 g/mol. The molecular weight excluding hydrogens is 230 g/mol. The van der Waals surface area contributed by atoms with Gasteiger partial charge >= 0.3 is 0 Å². The van der Waals surface area contributed by atoms with Gasteiger partial charge in [0.05, 0.1) is 0 Å². The smallest absolute Gasteiger partial charge is 0.222 e. The number of hydrogen-bond donors (Lipinski definition) is 0. The second-order valence-electron chi connectivity index (χ2n) is 4.46. The van der Waals surface area contributed by atoms with Crippen molar-refractivity contribution >= 4 is 17.7 Å². The number of aryl methyl sites for hydroxylation is 1. The van der Waals surface area contributed by atoms with Gasteiger partial charge in [-0.25, -0.2) is 0 Å². The molecule has 1 aliphatic heterocycles. The second kappa shape index (κ2) is 6.10. The summed E-state index contributed by atoms with van der Waals surface area (Å²) < 4.78 is 0. The highest BCUT2D eigenvalue weighted by Crippen LogP contribution is 2.17. The van der Waals surface area contributed by atoms with E-state index in [0.29, 0.717) is 5.91 Å². The predicted molar refractivity (Wildman–Crippen MR) is 73.2 cm³/mol. The van der Waals surface area contributed by atoms with Crippen molar-refractivity contribution in [2.75, 3.05) is 18.8 Å². The molecule has 0 saturated carbocycles. The van der Waals surface area contributed by atoms with Crippen LogP contribution < -0.4 is 0 Å². The first kappa shape index (κ1) is 12.5. The van der Waals surface area contributed by atoms with E-state index in [1.54, 1.807) is 0 Å². The summed E-state index contributed by atoms with van der Waals surface area (Å²) in [5.41, 5.74) is 2.77. The number of benzene rings is 1. The SMILES string of the molecule is Cc1ccccc1CSCCN1CCCC1=O. The molecule has 0 bridgehead atoms. The molecule has 2 rings (SSSR count). The van der Waals surface area contributed by atoms with Crippen LogP contribution in [0, 0.1) is 6.92 Å². The zero-order chi connectivity index (χ0) is 12.1. The number of amides is 1. The summed E-state index contributed by atoms with van der Waals surface area (Å²) in [5, 5.41) is 0. The van der Waals surface area contributed by atoms with Crippen LogP contribution in [0.2, 0.25) is 0 Å².